The Morgan fingerprint density at radius 1 is 0.767 bits per heavy atom. The second-order valence-electron chi connectivity index (χ2n) is 8.22. The summed E-state index contributed by atoms with van der Waals surface area (Å²) in [5.74, 6) is 0.853. The van der Waals surface area contributed by atoms with Crippen LogP contribution in [-0.2, 0) is 12.8 Å². The van der Waals surface area contributed by atoms with Crippen molar-refractivity contribution < 1.29 is 13.9 Å². The second kappa shape index (κ2) is 11.9. The van der Waals surface area contributed by atoms with Crippen LogP contribution in [0.15, 0.2) is 24.3 Å². The molecule has 0 spiro atoms. The van der Waals surface area contributed by atoms with Crippen LogP contribution in [0.3, 0.4) is 0 Å². The Labute approximate surface area is 181 Å². The van der Waals surface area contributed by atoms with Gasteiger partial charge in [0.05, 0.1) is 18.9 Å². The Kier molecular flexibility index (Phi) is 8.98. The van der Waals surface area contributed by atoms with Crippen molar-refractivity contribution in [3.63, 3.8) is 0 Å². The maximum atomic E-state index is 15.0. The van der Waals surface area contributed by atoms with Crippen molar-refractivity contribution in [1.29, 1.82) is 0 Å². The van der Waals surface area contributed by atoms with E-state index in [0.717, 1.165) is 48.1 Å². The number of fused-ring (bicyclic) bond motifs is 3. The molecule has 0 bridgehead atoms. The zero-order valence-electron chi connectivity index (χ0n) is 18.6. The second-order valence-corrected chi connectivity index (χ2v) is 8.22. The summed E-state index contributed by atoms with van der Waals surface area (Å²) in [6.45, 7) is 5.69. The molecule has 0 amide bonds. The monoisotopic (exact) mass is 413 g/mol. The summed E-state index contributed by atoms with van der Waals surface area (Å²) in [6, 6.07) is 7.69. The van der Waals surface area contributed by atoms with Crippen LogP contribution < -0.4 is 9.47 Å². The molecular formula is C26H36FNO2. The number of unbranched alkanes of at least 4 members (excludes halogenated alkanes) is 7. The highest BCUT2D eigenvalue weighted by Gasteiger charge is 2.23. The van der Waals surface area contributed by atoms with E-state index in [9.17, 15) is 0 Å². The first-order valence-electron chi connectivity index (χ1n) is 11.8. The lowest BCUT2D eigenvalue weighted by atomic mass is 9.88. The molecule has 164 valence electrons. The van der Waals surface area contributed by atoms with Crippen molar-refractivity contribution in [2.45, 2.75) is 84.5 Å². The quantitative estimate of drug-likeness (QED) is 0.323. The fraction of sp³-hybridized carbons (Fsp3) is 0.577. The molecule has 0 atom stereocenters. The molecule has 0 unspecified atom stereocenters. The Balaban J connectivity index is 1.61. The van der Waals surface area contributed by atoms with E-state index < -0.39 is 0 Å². The lowest BCUT2D eigenvalue weighted by Crippen LogP contribution is -2.11. The Morgan fingerprint density at radius 3 is 2.20 bits per heavy atom. The molecule has 0 saturated carbocycles. The van der Waals surface area contributed by atoms with Crippen molar-refractivity contribution >= 4 is 0 Å². The third-order valence-electron chi connectivity index (χ3n) is 5.81. The van der Waals surface area contributed by atoms with Gasteiger partial charge in [0.2, 0.25) is 5.88 Å². The molecule has 1 aliphatic rings. The third-order valence-corrected chi connectivity index (χ3v) is 5.81. The summed E-state index contributed by atoms with van der Waals surface area (Å²) < 4.78 is 26.6. The molecule has 1 heterocycles. The number of benzene rings is 1. The number of aryl methyl sites for hydroxylation is 1. The van der Waals surface area contributed by atoms with Gasteiger partial charge < -0.3 is 9.47 Å². The predicted octanol–water partition coefficient (Wildman–Crippen LogP) is 7.29. The van der Waals surface area contributed by atoms with E-state index >= 15 is 4.39 Å². The van der Waals surface area contributed by atoms with Gasteiger partial charge in [0.15, 0.2) is 11.6 Å². The van der Waals surface area contributed by atoms with Crippen molar-refractivity contribution in [1.82, 2.24) is 4.98 Å². The summed E-state index contributed by atoms with van der Waals surface area (Å²) in [7, 11) is 0. The van der Waals surface area contributed by atoms with E-state index in [0.29, 0.717) is 31.3 Å². The molecule has 3 rings (SSSR count). The van der Waals surface area contributed by atoms with Crippen LogP contribution in [0.2, 0.25) is 0 Å². The molecule has 0 saturated heterocycles. The van der Waals surface area contributed by atoms with Crippen LogP contribution in [-0.4, -0.2) is 18.2 Å². The third kappa shape index (κ3) is 5.96. The van der Waals surface area contributed by atoms with E-state index in [1.165, 1.54) is 38.5 Å². The van der Waals surface area contributed by atoms with Gasteiger partial charge in [0.1, 0.15) is 0 Å². The molecule has 3 nitrogen and oxygen atoms in total. The van der Waals surface area contributed by atoms with Gasteiger partial charge in [-0.15, -0.1) is 0 Å². The van der Waals surface area contributed by atoms with E-state index in [1.54, 1.807) is 6.07 Å². The largest absolute Gasteiger partial charge is 0.491 e. The average molecular weight is 414 g/mol. The van der Waals surface area contributed by atoms with Gasteiger partial charge in [-0.05, 0) is 48.9 Å². The van der Waals surface area contributed by atoms with Crippen molar-refractivity contribution in [2.75, 3.05) is 13.2 Å². The molecule has 1 aromatic heterocycles. The number of hydrogen-bond donors (Lipinski definition) is 0. The Hall–Kier alpha value is -2.10. The zero-order chi connectivity index (χ0) is 21.2. The Bertz CT molecular complexity index is 806. The number of nitrogens with zero attached hydrogens (tertiary/aromatic N) is 1. The maximum absolute atomic E-state index is 15.0. The highest BCUT2D eigenvalue weighted by molar-refractivity contribution is 5.73. The fourth-order valence-electron chi connectivity index (χ4n) is 4.04. The number of pyridine rings is 1. The normalized spacial score (nSPS) is 12.4. The van der Waals surface area contributed by atoms with Gasteiger partial charge in [0.25, 0.3) is 0 Å². The first-order valence-corrected chi connectivity index (χ1v) is 11.8. The molecule has 1 aliphatic carbocycles. The maximum Gasteiger partial charge on any atom is 0.213 e. The van der Waals surface area contributed by atoms with Crippen LogP contribution in [0, 0.1) is 5.82 Å². The smallest absolute Gasteiger partial charge is 0.213 e. The summed E-state index contributed by atoms with van der Waals surface area (Å²) in [4.78, 5) is 4.70. The van der Waals surface area contributed by atoms with Gasteiger partial charge >= 0.3 is 0 Å². The van der Waals surface area contributed by atoms with Gasteiger partial charge in [-0.25, -0.2) is 9.37 Å². The summed E-state index contributed by atoms with van der Waals surface area (Å²) in [5.41, 5.74) is 3.70. The number of rotatable bonds is 13. The zero-order valence-corrected chi connectivity index (χ0v) is 18.6. The minimum absolute atomic E-state index is 0.207. The number of hydrogen-bond acceptors (Lipinski definition) is 3. The van der Waals surface area contributed by atoms with Crippen LogP contribution in [0.1, 0.15) is 82.9 Å². The highest BCUT2D eigenvalue weighted by Crippen LogP contribution is 2.38. The van der Waals surface area contributed by atoms with Gasteiger partial charge in [-0.3, -0.25) is 0 Å². The standard InChI is InChI=1S/C26H36FNO2/c1-3-5-7-9-11-19-30-25-17-14-21-20-13-16-24(29-18-10-8-6-4-2)26(27)22(20)12-15-23(21)28-25/h13-14,16-17H,3-12,15,18-19H2,1-2H3. The van der Waals surface area contributed by atoms with E-state index in [2.05, 4.69) is 13.8 Å². The van der Waals surface area contributed by atoms with E-state index in [-0.39, 0.29) is 5.82 Å². The van der Waals surface area contributed by atoms with E-state index in [1.807, 2.05) is 18.2 Å². The minimum atomic E-state index is -0.207. The number of aromatic nitrogens is 1. The lowest BCUT2D eigenvalue weighted by Gasteiger charge is -2.21. The van der Waals surface area contributed by atoms with E-state index in [4.69, 9.17) is 14.5 Å². The van der Waals surface area contributed by atoms with Crippen LogP contribution in [0.4, 0.5) is 4.39 Å². The number of halogens is 1. The van der Waals surface area contributed by atoms with Gasteiger partial charge in [-0.2, -0.15) is 0 Å². The average Bonchev–Trinajstić information content (AvgIpc) is 2.77. The van der Waals surface area contributed by atoms with Crippen LogP contribution >= 0.6 is 0 Å². The van der Waals surface area contributed by atoms with Crippen molar-refractivity contribution in [2.24, 2.45) is 0 Å². The van der Waals surface area contributed by atoms with Crippen molar-refractivity contribution in [3.05, 3.63) is 41.3 Å². The molecule has 1 aromatic carbocycles. The summed E-state index contributed by atoms with van der Waals surface area (Å²) >= 11 is 0. The molecule has 0 radical (unpaired) electrons. The first-order chi connectivity index (χ1) is 14.7. The predicted molar refractivity (Wildman–Crippen MR) is 121 cm³/mol. The molecule has 2 aromatic rings. The van der Waals surface area contributed by atoms with Gasteiger partial charge in [-0.1, -0.05) is 64.9 Å². The van der Waals surface area contributed by atoms with Crippen LogP contribution in [0.25, 0.3) is 11.1 Å². The Morgan fingerprint density at radius 2 is 1.43 bits per heavy atom. The number of ether oxygens (including phenoxy) is 2. The molecule has 0 N–H and O–H groups in total. The molecular weight excluding hydrogens is 377 g/mol. The minimum Gasteiger partial charge on any atom is -0.491 e. The molecule has 4 heteroatoms. The van der Waals surface area contributed by atoms with Gasteiger partial charge in [0, 0.05) is 11.6 Å². The fourth-order valence-corrected chi connectivity index (χ4v) is 4.04. The summed E-state index contributed by atoms with van der Waals surface area (Å²) in [5, 5.41) is 0. The van der Waals surface area contributed by atoms with Crippen molar-refractivity contribution in [3.8, 4) is 22.8 Å². The molecule has 30 heavy (non-hydrogen) atoms. The molecule has 0 fully saturated rings. The SMILES string of the molecule is CCCCCCCOc1ccc2c(n1)CCc1c-2ccc(OCCCCCC)c1F. The highest BCUT2D eigenvalue weighted by atomic mass is 19.1. The summed E-state index contributed by atoms with van der Waals surface area (Å²) in [6.07, 6.45) is 11.9. The lowest BCUT2D eigenvalue weighted by molar-refractivity contribution is 0.289. The topological polar surface area (TPSA) is 31.4 Å². The first kappa shape index (κ1) is 22.6. The van der Waals surface area contributed by atoms with Crippen LogP contribution in [0.5, 0.6) is 11.6 Å². The molecule has 0 aliphatic heterocycles.